The zero-order chi connectivity index (χ0) is 19.7. The van der Waals surface area contributed by atoms with Gasteiger partial charge < -0.3 is 5.32 Å². The molecule has 0 fully saturated rings. The van der Waals surface area contributed by atoms with Crippen molar-refractivity contribution in [3.63, 3.8) is 0 Å². The number of amides is 1. The van der Waals surface area contributed by atoms with Crippen LogP contribution in [0.15, 0.2) is 77.6 Å². The van der Waals surface area contributed by atoms with Crippen molar-refractivity contribution in [3.05, 3.63) is 99.4 Å². The van der Waals surface area contributed by atoms with Gasteiger partial charge in [0, 0.05) is 26.2 Å². The molecule has 0 bridgehead atoms. The Kier molecular flexibility index (Phi) is 4.94. The molecule has 0 saturated carbocycles. The predicted octanol–water partition coefficient (Wildman–Crippen LogP) is 5.97. The molecule has 0 radical (unpaired) electrons. The lowest BCUT2D eigenvalue weighted by Gasteiger charge is -2.12. The lowest BCUT2D eigenvalue weighted by Crippen LogP contribution is -2.16. The summed E-state index contributed by atoms with van der Waals surface area (Å²) in [5.41, 5.74) is 0.354. The fourth-order valence-electron chi connectivity index (χ4n) is 2.92. The summed E-state index contributed by atoms with van der Waals surface area (Å²) in [5, 5.41) is 4.07. The second-order valence-electron chi connectivity index (χ2n) is 6.07. The third-order valence-electron chi connectivity index (χ3n) is 4.27. The molecule has 4 rings (SSSR count). The van der Waals surface area contributed by atoms with Crippen LogP contribution in [-0.2, 0) is 0 Å². The van der Waals surface area contributed by atoms with Gasteiger partial charge >= 0.3 is 0 Å². The minimum Gasteiger partial charge on any atom is -0.313 e. The first-order chi connectivity index (χ1) is 13.5. The number of rotatable bonds is 3. The molecule has 1 N–H and O–H groups in total. The first-order valence-electron chi connectivity index (χ1n) is 8.42. The molecule has 1 amide bonds. The molecule has 28 heavy (non-hydrogen) atoms. The lowest BCUT2D eigenvalue weighted by molar-refractivity contribution is 0.102. The van der Waals surface area contributed by atoms with Gasteiger partial charge in [-0.2, -0.15) is 0 Å². The van der Waals surface area contributed by atoms with Crippen molar-refractivity contribution in [1.29, 1.82) is 0 Å². The van der Waals surface area contributed by atoms with Crippen LogP contribution in [0, 0.1) is 5.82 Å². The van der Waals surface area contributed by atoms with Crippen molar-refractivity contribution in [2.75, 3.05) is 5.32 Å². The molecule has 138 valence electrons. The summed E-state index contributed by atoms with van der Waals surface area (Å²) in [5.74, 6) is -0.927. The van der Waals surface area contributed by atoms with Crippen LogP contribution in [-0.4, -0.2) is 5.91 Å². The van der Waals surface area contributed by atoms with Crippen molar-refractivity contribution in [1.82, 2.24) is 0 Å². The quantitative estimate of drug-likeness (QED) is 0.453. The van der Waals surface area contributed by atoms with Crippen molar-refractivity contribution in [3.8, 4) is 11.1 Å². The van der Waals surface area contributed by atoms with E-state index in [0.717, 1.165) is 0 Å². The number of halogens is 2. The minimum absolute atomic E-state index is 0.143. The van der Waals surface area contributed by atoms with Gasteiger partial charge in [-0.15, -0.1) is 11.3 Å². The molecular weight excluding hydrogens is 397 g/mol. The number of hydrogen-bond donors (Lipinski definition) is 1. The molecule has 0 aliphatic rings. The molecule has 0 saturated heterocycles. The lowest BCUT2D eigenvalue weighted by atomic mass is 10.0. The van der Waals surface area contributed by atoms with Crippen LogP contribution in [0.5, 0.6) is 0 Å². The van der Waals surface area contributed by atoms with Gasteiger partial charge in [-0.05, 0) is 42.5 Å². The van der Waals surface area contributed by atoms with E-state index >= 15 is 0 Å². The summed E-state index contributed by atoms with van der Waals surface area (Å²) >= 11 is 7.11. The third-order valence-corrected chi connectivity index (χ3v) is 5.61. The number of anilines is 1. The van der Waals surface area contributed by atoms with E-state index in [1.807, 2.05) is 6.07 Å². The van der Waals surface area contributed by atoms with Crippen LogP contribution in [0.25, 0.3) is 21.2 Å². The molecule has 0 aliphatic heterocycles. The van der Waals surface area contributed by atoms with Gasteiger partial charge in [0.25, 0.3) is 5.91 Å². The van der Waals surface area contributed by atoms with Crippen LogP contribution >= 0.6 is 22.9 Å². The van der Waals surface area contributed by atoms with Crippen molar-refractivity contribution >= 4 is 43.9 Å². The van der Waals surface area contributed by atoms with E-state index in [1.165, 1.54) is 23.5 Å². The number of carbonyl (C=O) groups excluding carboxylic acids is 1. The largest absolute Gasteiger partial charge is 0.313 e. The topological polar surface area (TPSA) is 46.2 Å². The van der Waals surface area contributed by atoms with Crippen LogP contribution in [0.1, 0.15) is 10.4 Å². The minimum atomic E-state index is -0.524. The van der Waals surface area contributed by atoms with Crippen molar-refractivity contribution in [2.24, 2.45) is 0 Å². The van der Waals surface area contributed by atoms with Gasteiger partial charge in [-0.25, -0.2) is 4.39 Å². The van der Waals surface area contributed by atoms with E-state index in [0.29, 0.717) is 25.7 Å². The smallest absolute Gasteiger partial charge is 0.256 e. The Labute approximate surface area is 169 Å². The van der Waals surface area contributed by atoms with Gasteiger partial charge in [0.1, 0.15) is 10.8 Å². The fourth-order valence-corrected chi connectivity index (χ4v) is 4.13. The normalized spacial score (nSPS) is 10.8. The molecule has 4 aromatic rings. The van der Waals surface area contributed by atoms with Crippen molar-refractivity contribution in [2.45, 2.75) is 0 Å². The molecule has 3 nitrogen and oxygen atoms in total. The van der Waals surface area contributed by atoms with Gasteiger partial charge in [0.2, 0.25) is 0 Å². The summed E-state index contributed by atoms with van der Waals surface area (Å²) in [6.07, 6.45) is 0. The molecule has 0 unspecified atom stereocenters. The van der Waals surface area contributed by atoms with Crippen LogP contribution < -0.4 is 10.7 Å². The zero-order valence-electron chi connectivity index (χ0n) is 14.4. The maximum absolute atomic E-state index is 14.5. The summed E-state index contributed by atoms with van der Waals surface area (Å²) in [6.45, 7) is 0. The molecule has 3 aromatic carbocycles. The van der Waals surface area contributed by atoms with Gasteiger partial charge in [-0.3, -0.25) is 9.59 Å². The molecule has 0 atom stereocenters. The maximum atomic E-state index is 14.5. The molecule has 1 heterocycles. The Balaban J connectivity index is 1.90. The molecular formula is C22H13ClFNO2S. The van der Waals surface area contributed by atoms with Gasteiger partial charge in [0.05, 0.1) is 5.56 Å². The Bertz CT molecular complexity index is 1250. The molecule has 1 aromatic heterocycles. The number of hydrogen-bond acceptors (Lipinski definition) is 3. The first-order valence-corrected chi connectivity index (χ1v) is 9.61. The molecule has 0 spiro atoms. The summed E-state index contributed by atoms with van der Waals surface area (Å²) in [4.78, 5) is 25.8. The number of nitrogens with one attached hydrogen (secondary N) is 1. The monoisotopic (exact) mass is 409 g/mol. The Morgan fingerprint density at radius 3 is 2.36 bits per heavy atom. The van der Waals surface area contributed by atoms with Gasteiger partial charge in [-0.1, -0.05) is 41.9 Å². The van der Waals surface area contributed by atoms with Crippen LogP contribution in [0.3, 0.4) is 0 Å². The predicted molar refractivity (Wildman–Crippen MR) is 113 cm³/mol. The fraction of sp³-hybridized carbons (Fsp3) is 0. The first kappa shape index (κ1) is 18.3. The number of benzene rings is 3. The second-order valence-corrected chi connectivity index (χ2v) is 7.56. The standard InChI is InChI=1S/C22H13ClFNO2S/c23-14-11-9-13(10-12-14)21(27)25-22-19(15-5-1-3-7-17(15)24)20(26)16-6-2-4-8-18(16)28-22/h1-12H,(H,25,27). The van der Waals surface area contributed by atoms with Gasteiger partial charge in [0.15, 0.2) is 5.43 Å². The third kappa shape index (κ3) is 3.42. The number of carbonyl (C=O) groups is 1. The molecule has 6 heteroatoms. The highest BCUT2D eigenvalue weighted by Gasteiger charge is 2.19. The van der Waals surface area contributed by atoms with E-state index in [-0.39, 0.29) is 16.6 Å². The Hall–Kier alpha value is -3.02. The van der Waals surface area contributed by atoms with Crippen LogP contribution in [0.4, 0.5) is 9.39 Å². The highest BCUT2D eigenvalue weighted by molar-refractivity contribution is 7.22. The van der Waals surface area contributed by atoms with E-state index < -0.39 is 11.7 Å². The SMILES string of the molecule is O=C(Nc1sc2ccccc2c(=O)c1-c1ccccc1F)c1ccc(Cl)cc1. The second kappa shape index (κ2) is 7.54. The average molecular weight is 410 g/mol. The van der Waals surface area contributed by atoms with E-state index in [4.69, 9.17) is 11.6 Å². The zero-order valence-corrected chi connectivity index (χ0v) is 16.0. The Morgan fingerprint density at radius 2 is 1.61 bits per heavy atom. The number of fused-ring (bicyclic) bond motifs is 1. The van der Waals surface area contributed by atoms with Crippen molar-refractivity contribution < 1.29 is 9.18 Å². The average Bonchev–Trinajstić information content (AvgIpc) is 2.70. The maximum Gasteiger partial charge on any atom is 0.256 e. The van der Waals surface area contributed by atoms with Crippen LogP contribution in [0.2, 0.25) is 5.02 Å². The summed E-state index contributed by atoms with van der Waals surface area (Å²) in [6, 6.07) is 19.5. The Morgan fingerprint density at radius 1 is 0.929 bits per heavy atom. The summed E-state index contributed by atoms with van der Waals surface area (Å²) < 4.78 is 15.2. The summed E-state index contributed by atoms with van der Waals surface area (Å²) in [7, 11) is 0. The van der Waals surface area contributed by atoms with E-state index in [1.54, 1.807) is 54.6 Å². The van der Waals surface area contributed by atoms with E-state index in [9.17, 15) is 14.0 Å². The molecule has 0 aliphatic carbocycles. The highest BCUT2D eigenvalue weighted by Crippen LogP contribution is 2.34. The highest BCUT2D eigenvalue weighted by atomic mass is 35.5. The van der Waals surface area contributed by atoms with E-state index in [2.05, 4.69) is 5.32 Å².